The lowest BCUT2D eigenvalue weighted by molar-refractivity contribution is -0.122. The van der Waals surface area contributed by atoms with Gasteiger partial charge in [-0.2, -0.15) is 0 Å². The van der Waals surface area contributed by atoms with Gasteiger partial charge in [0.15, 0.2) is 0 Å². The van der Waals surface area contributed by atoms with Crippen LogP contribution in [0, 0.1) is 11.8 Å². The molecule has 2 aromatic rings. The first-order valence-electron chi connectivity index (χ1n) is 10.3. The molecular weight excluding hydrogens is 380 g/mol. The second kappa shape index (κ2) is 9.57. The van der Waals surface area contributed by atoms with Crippen LogP contribution in [0.1, 0.15) is 43.1 Å². The predicted octanol–water partition coefficient (Wildman–Crippen LogP) is 4.05. The summed E-state index contributed by atoms with van der Waals surface area (Å²) in [5, 5.41) is 2.85. The topological polar surface area (TPSA) is 75.7 Å². The standard InChI is InChI=1S/C24H28N2O4/c1-4-17-7-5-6-8-21(17)26-14-19(13-22(26)27)23(28)25-20-11-9-18(10-12-20)24(29)30-15-16(2)3/h5-12,16,19H,4,13-15H2,1-3H3,(H,25,28)/t19-/m0/s1. The van der Waals surface area contributed by atoms with E-state index < -0.39 is 5.92 Å². The maximum absolute atomic E-state index is 12.7. The van der Waals surface area contributed by atoms with Gasteiger partial charge in [-0.3, -0.25) is 9.59 Å². The molecule has 1 aliphatic heterocycles. The normalized spacial score (nSPS) is 16.1. The molecule has 1 aliphatic rings. The zero-order chi connectivity index (χ0) is 21.7. The van der Waals surface area contributed by atoms with Gasteiger partial charge in [-0.15, -0.1) is 0 Å². The summed E-state index contributed by atoms with van der Waals surface area (Å²) in [5.41, 5.74) is 2.99. The summed E-state index contributed by atoms with van der Waals surface area (Å²) >= 11 is 0. The summed E-state index contributed by atoms with van der Waals surface area (Å²) in [6.45, 7) is 6.72. The van der Waals surface area contributed by atoms with Crippen molar-refractivity contribution in [3.05, 3.63) is 59.7 Å². The molecule has 158 valence electrons. The van der Waals surface area contributed by atoms with Crippen molar-refractivity contribution in [2.75, 3.05) is 23.4 Å². The lowest BCUT2D eigenvalue weighted by atomic mass is 10.1. The first-order chi connectivity index (χ1) is 14.4. The van der Waals surface area contributed by atoms with Crippen LogP contribution < -0.4 is 10.2 Å². The SMILES string of the molecule is CCc1ccccc1N1C[C@@H](C(=O)Nc2ccc(C(=O)OCC(C)C)cc2)CC1=O. The second-order valence-electron chi connectivity index (χ2n) is 7.95. The molecule has 6 nitrogen and oxygen atoms in total. The first kappa shape index (κ1) is 21.6. The quantitative estimate of drug-likeness (QED) is 0.701. The van der Waals surface area contributed by atoms with Crippen LogP contribution in [0.5, 0.6) is 0 Å². The fraction of sp³-hybridized carbons (Fsp3) is 0.375. The minimum Gasteiger partial charge on any atom is -0.462 e. The van der Waals surface area contributed by atoms with Gasteiger partial charge in [0, 0.05) is 24.3 Å². The van der Waals surface area contributed by atoms with Gasteiger partial charge in [0.1, 0.15) is 0 Å². The number of nitrogens with one attached hydrogen (secondary N) is 1. The van der Waals surface area contributed by atoms with Crippen LogP contribution in [0.15, 0.2) is 48.5 Å². The Bertz CT molecular complexity index is 921. The molecule has 1 fully saturated rings. The lowest BCUT2D eigenvalue weighted by Gasteiger charge is -2.20. The third kappa shape index (κ3) is 5.06. The smallest absolute Gasteiger partial charge is 0.338 e. The number of amides is 2. The number of ether oxygens (including phenoxy) is 1. The number of para-hydroxylation sites is 1. The third-order valence-electron chi connectivity index (χ3n) is 5.10. The van der Waals surface area contributed by atoms with E-state index in [2.05, 4.69) is 5.32 Å². The molecule has 1 heterocycles. The van der Waals surface area contributed by atoms with Crippen LogP contribution in [0.4, 0.5) is 11.4 Å². The molecule has 0 spiro atoms. The average Bonchev–Trinajstić information content (AvgIpc) is 3.14. The van der Waals surface area contributed by atoms with E-state index in [1.807, 2.05) is 45.0 Å². The van der Waals surface area contributed by atoms with E-state index in [0.717, 1.165) is 17.7 Å². The average molecular weight is 408 g/mol. The largest absolute Gasteiger partial charge is 0.462 e. The Hall–Kier alpha value is -3.15. The van der Waals surface area contributed by atoms with Crippen LogP contribution >= 0.6 is 0 Å². The molecule has 2 aromatic carbocycles. The van der Waals surface area contributed by atoms with Crippen molar-refractivity contribution < 1.29 is 19.1 Å². The highest BCUT2D eigenvalue weighted by molar-refractivity contribution is 6.04. The number of esters is 1. The second-order valence-corrected chi connectivity index (χ2v) is 7.95. The molecule has 2 amide bonds. The van der Waals surface area contributed by atoms with E-state index in [1.165, 1.54) is 0 Å². The summed E-state index contributed by atoms with van der Waals surface area (Å²) in [6.07, 6.45) is 1.01. The van der Waals surface area contributed by atoms with Gasteiger partial charge in [-0.25, -0.2) is 4.79 Å². The predicted molar refractivity (Wildman–Crippen MR) is 116 cm³/mol. The zero-order valence-corrected chi connectivity index (χ0v) is 17.7. The Kier molecular flexibility index (Phi) is 6.87. The number of aryl methyl sites for hydroxylation is 1. The van der Waals surface area contributed by atoms with Crippen LogP contribution in [-0.4, -0.2) is 30.9 Å². The molecule has 0 unspecified atom stereocenters. The summed E-state index contributed by atoms with van der Waals surface area (Å²) in [4.78, 5) is 38.9. The molecule has 0 aromatic heterocycles. The number of hydrogen-bond acceptors (Lipinski definition) is 4. The third-order valence-corrected chi connectivity index (χ3v) is 5.10. The van der Waals surface area contributed by atoms with Crippen molar-refractivity contribution in [1.29, 1.82) is 0 Å². The van der Waals surface area contributed by atoms with E-state index in [9.17, 15) is 14.4 Å². The number of carbonyl (C=O) groups excluding carboxylic acids is 3. The highest BCUT2D eigenvalue weighted by Gasteiger charge is 2.35. The fourth-order valence-electron chi connectivity index (χ4n) is 3.45. The van der Waals surface area contributed by atoms with Crippen LogP contribution in [0.25, 0.3) is 0 Å². The molecule has 1 saturated heterocycles. The minimum absolute atomic E-state index is 0.0423. The molecule has 6 heteroatoms. The maximum atomic E-state index is 12.7. The Morgan fingerprint density at radius 3 is 2.50 bits per heavy atom. The summed E-state index contributed by atoms with van der Waals surface area (Å²) in [5.74, 6) is -0.772. The molecule has 3 rings (SSSR count). The van der Waals surface area contributed by atoms with Gasteiger partial charge in [-0.1, -0.05) is 39.0 Å². The highest BCUT2D eigenvalue weighted by Crippen LogP contribution is 2.29. The Morgan fingerprint density at radius 2 is 1.83 bits per heavy atom. The van der Waals surface area contributed by atoms with Gasteiger partial charge in [0.05, 0.1) is 18.1 Å². The number of rotatable bonds is 7. The van der Waals surface area contributed by atoms with E-state index >= 15 is 0 Å². The first-order valence-corrected chi connectivity index (χ1v) is 10.3. The van der Waals surface area contributed by atoms with E-state index in [1.54, 1.807) is 29.2 Å². The van der Waals surface area contributed by atoms with Crippen LogP contribution in [0.2, 0.25) is 0 Å². The van der Waals surface area contributed by atoms with Crippen molar-refractivity contribution in [2.24, 2.45) is 11.8 Å². The molecular formula is C24H28N2O4. The van der Waals surface area contributed by atoms with Crippen molar-refractivity contribution in [2.45, 2.75) is 33.6 Å². The molecule has 0 saturated carbocycles. The van der Waals surface area contributed by atoms with Crippen molar-refractivity contribution >= 4 is 29.2 Å². The molecule has 1 N–H and O–H groups in total. The van der Waals surface area contributed by atoms with Crippen molar-refractivity contribution in [3.63, 3.8) is 0 Å². The number of benzene rings is 2. The highest BCUT2D eigenvalue weighted by atomic mass is 16.5. The molecule has 1 atom stereocenters. The van der Waals surface area contributed by atoms with Gasteiger partial charge in [0.25, 0.3) is 0 Å². The molecule has 30 heavy (non-hydrogen) atoms. The van der Waals surface area contributed by atoms with Gasteiger partial charge in [-0.05, 0) is 48.2 Å². The fourth-order valence-corrected chi connectivity index (χ4v) is 3.45. The van der Waals surface area contributed by atoms with Crippen molar-refractivity contribution in [1.82, 2.24) is 0 Å². The van der Waals surface area contributed by atoms with Crippen LogP contribution in [-0.2, 0) is 20.7 Å². The lowest BCUT2D eigenvalue weighted by Crippen LogP contribution is -2.28. The zero-order valence-electron chi connectivity index (χ0n) is 17.7. The summed E-state index contributed by atoms with van der Waals surface area (Å²) in [6, 6.07) is 14.4. The number of anilines is 2. The summed E-state index contributed by atoms with van der Waals surface area (Å²) < 4.78 is 5.21. The van der Waals surface area contributed by atoms with E-state index in [4.69, 9.17) is 4.74 Å². The maximum Gasteiger partial charge on any atom is 0.338 e. The number of carbonyl (C=O) groups is 3. The molecule has 0 bridgehead atoms. The molecule has 0 aliphatic carbocycles. The minimum atomic E-state index is -0.418. The number of hydrogen-bond donors (Lipinski definition) is 1. The van der Waals surface area contributed by atoms with E-state index in [-0.39, 0.29) is 30.1 Å². The molecule has 0 radical (unpaired) electrons. The Morgan fingerprint density at radius 1 is 1.13 bits per heavy atom. The van der Waals surface area contributed by atoms with Gasteiger partial charge < -0.3 is 15.0 Å². The summed E-state index contributed by atoms with van der Waals surface area (Å²) in [7, 11) is 0. The number of nitrogens with zero attached hydrogens (tertiary/aromatic N) is 1. The van der Waals surface area contributed by atoms with Crippen molar-refractivity contribution in [3.8, 4) is 0 Å². The van der Waals surface area contributed by atoms with Crippen LogP contribution in [0.3, 0.4) is 0 Å². The monoisotopic (exact) mass is 408 g/mol. The van der Waals surface area contributed by atoms with Gasteiger partial charge >= 0.3 is 5.97 Å². The Labute approximate surface area is 177 Å². The van der Waals surface area contributed by atoms with E-state index in [0.29, 0.717) is 24.4 Å². The Balaban J connectivity index is 1.61. The van der Waals surface area contributed by atoms with Gasteiger partial charge in [0.2, 0.25) is 11.8 Å².